The molecular weight excluding hydrogens is 366 g/mol. The Hall–Kier alpha value is -0.300. The molecule has 0 amide bonds. The minimum absolute atomic E-state index is 0.195. The van der Waals surface area contributed by atoms with Crippen LogP contribution in [-0.4, -0.2) is 33.2 Å². The summed E-state index contributed by atoms with van der Waals surface area (Å²) in [5.41, 5.74) is 0.991. The predicted molar refractivity (Wildman–Crippen MR) is 77.2 cm³/mol. The average molecular weight is 381 g/mol. The first-order chi connectivity index (χ1) is 8.70. The third-order valence-corrected chi connectivity index (χ3v) is 4.01. The van der Waals surface area contributed by atoms with Crippen LogP contribution in [0, 0.1) is 0 Å². The van der Waals surface area contributed by atoms with E-state index in [0.717, 1.165) is 40.0 Å². The van der Waals surface area contributed by atoms with E-state index >= 15 is 0 Å². The summed E-state index contributed by atoms with van der Waals surface area (Å²) < 4.78 is 17.8. The minimum Gasteiger partial charge on any atom is -0.495 e. The second kappa shape index (κ2) is 6.75. The first-order valence-electron chi connectivity index (χ1n) is 5.67. The van der Waals surface area contributed by atoms with Crippen LogP contribution in [-0.2, 0) is 9.47 Å². The van der Waals surface area contributed by atoms with Gasteiger partial charge in [-0.05, 0) is 44.3 Å². The zero-order valence-electron chi connectivity index (χ0n) is 10.0. The maximum absolute atomic E-state index is 5.48. The normalized spacial score (nSPS) is 19.6. The Labute approximate surface area is 123 Å². The molecule has 1 aliphatic heterocycles. The summed E-state index contributed by atoms with van der Waals surface area (Å²) in [6, 6.07) is 3.92. The zero-order chi connectivity index (χ0) is 13.0. The third kappa shape index (κ3) is 3.60. The number of hydrogen-bond acceptors (Lipinski definition) is 4. The van der Waals surface area contributed by atoms with Crippen molar-refractivity contribution in [1.82, 2.24) is 0 Å². The Morgan fingerprint density at radius 2 is 2.22 bits per heavy atom. The molecule has 1 aliphatic rings. The van der Waals surface area contributed by atoms with E-state index in [1.807, 2.05) is 12.1 Å². The van der Waals surface area contributed by atoms with E-state index in [0.29, 0.717) is 6.79 Å². The van der Waals surface area contributed by atoms with E-state index in [2.05, 4.69) is 37.2 Å². The highest BCUT2D eigenvalue weighted by molar-refractivity contribution is 9.11. The maximum atomic E-state index is 5.48. The molecule has 1 fully saturated rings. The van der Waals surface area contributed by atoms with Gasteiger partial charge in [0, 0.05) is 17.1 Å². The van der Waals surface area contributed by atoms with Crippen LogP contribution in [0.3, 0.4) is 0 Å². The molecule has 100 valence electrons. The van der Waals surface area contributed by atoms with Gasteiger partial charge in [-0.1, -0.05) is 0 Å². The number of benzene rings is 1. The molecule has 1 heterocycles. The SMILES string of the molecule is COc1cc(NCC2CCOCO2)c(Br)cc1Br. The van der Waals surface area contributed by atoms with Crippen LogP contribution in [0.15, 0.2) is 21.1 Å². The quantitative estimate of drug-likeness (QED) is 0.868. The fraction of sp³-hybridized carbons (Fsp3) is 0.500. The van der Waals surface area contributed by atoms with Crippen molar-refractivity contribution < 1.29 is 14.2 Å². The van der Waals surface area contributed by atoms with Crippen molar-refractivity contribution in [1.29, 1.82) is 0 Å². The second-order valence-corrected chi connectivity index (χ2v) is 5.66. The van der Waals surface area contributed by atoms with E-state index in [4.69, 9.17) is 14.2 Å². The molecule has 0 aliphatic carbocycles. The van der Waals surface area contributed by atoms with Gasteiger partial charge in [0.05, 0.1) is 30.0 Å². The third-order valence-electron chi connectivity index (χ3n) is 2.73. The lowest BCUT2D eigenvalue weighted by Gasteiger charge is -2.23. The van der Waals surface area contributed by atoms with Crippen molar-refractivity contribution >= 4 is 37.5 Å². The number of nitrogens with one attached hydrogen (secondary N) is 1. The lowest BCUT2D eigenvalue weighted by Crippen LogP contribution is -2.30. The molecule has 2 rings (SSSR count). The van der Waals surface area contributed by atoms with Gasteiger partial charge in [-0.3, -0.25) is 0 Å². The van der Waals surface area contributed by atoms with Crippen molar-refractivity contribution in [3.63, 3.8) is 0 Å². The monoisotopic (exact) mass is 379 g/mol. The largest absolute Gasteiger partial charge is 0.495 e. The second-order valence-electron chi connectivity index (χ2n) is 3.95. The molecule has 0 aromatic heterocycles. The van der Waals surface area contributed by atoms with Crippen molar-refractivity contribution in [2.75, 3.05) is 32.4 Å². The molecule has 0 saturated carbocycles. The van der Waals surface area contributed by atoms with Crippen molar-refractivity contribution in [2.24, 2.45) is 0 Å². The maximum Gasteiger partial charge on any atom is 0.147 e. The zero-order valence-corrected chi connectivity index (χ0v) is 13.2. The summed E-state index contributed by atoms with van der Waals surface area (Å²) in [5, 5.41) is 3.36. The van der Waals surface area contributed by atoms with Gasteiger partial charge in [0.1, 0.15) is 12.5 Å². The molecule has 0 radical (unpaired) electrons. The predicted octanol–water partition coefficient (Wildman–Crippen LogP) is 3.40. The highest BCUT2D eigenvalue weighted by atomic mass is 79.9. The van der Waals surface area contributed by atoms with Crippen molar-refractivity contribution in [3.05, 3.63) is 21.1 Å². The van der Waals surface area contributed by atoms with Gasteiger partial charge in [0.15, 0.2) is 0 Å². The smallest absolute Gasteiger partial charge is 0.147 e. The Morgan fingerprint density at radius 3 is 2.89 bits per heavy atom. The molecule has 1 aromatic rings. The molecule has 1 aromatic carbocycles. The van der Waals surface area contributed by atoms with Crippen molar-refractivity contribution in [2.45, 2.75) is 12.5 Å². The number of methoxy groups -OCH3 is 1. The van der Waals surface area contributed by atoms with Crippen LogP contribution >= 0.6 is 31.9 Å². The fourth-order valence-corrected chi connectivity index (χ4v) is 3.00. The number of rotatable bonds is 4. The standard InChI is InChI=1S/C12H15Br2NO3/c1-16-12-5-11(9(13)4-10(12)14)15-6-8-2-3-17-7-18-8/h4-5,8,15H,2-3,6-7H2,1H3. The number of hydrogen-bond donors (Lipinski definition) is 1. The van der Waals surface area contributed by atoms with Crippen LogP contribution in [0.5, 0.6) is 5.75 Å². The van der Waals surface area contributed by atoms with Gasteiger partial charge in [-0.15, -0.1) is 0 Å². The van der Waals surface area contributed by atoms with Crippen LogP contribution in [0.25, 0.3) is 0 Å². The van der Waals surface area contributed by atoms with Gasteiger partial charge >= 0.3 is 0 Å². The summed E-state index contributed by atoms with van der Waals surface area (Å²) in [5.74, 6) is 0.800. The molecule has 1 atom stereocenters. The van der Waals surface area contributed by atoms with Crippen molar-refractivity contribution in [3.8, 4) is 5.75 Å². The minimum atomic E-state index is 0.195. The topological polar surface area (TPSA) is 39.7 Å². The van der Waals surface area contributed by atoms with Crippen LogP contribution in [0.2, 0.25) is 0 Å². The first-order valence-corrected chi connectivity index (χ1v) is 7.25. The molecule has 1 N–H and O–H groups in total. The van der Waals surface area contributed by atoms with Crippen LogP contribution < -0.4 is 10.1 Å². The summed E-state index contributed by atoms with van der Waals surface area (Å²) in [6.45, 7) is 1.90. The Kier molecular flexibility index (Phi) is 5.29. The summed E-state index contributed by atoms with van der Waals surface area (Å²) in [6.07, 6.45) is 1.11. The van der Waals surface area contributed by atoms with Crippen LogP contribution in [0.4, 0.5) is 5.69 Å². The number of anilines is 1. The van der Waals surface area contributed by atoms with Gasteiger partial charge in [0.25, 0.3) is 0 Å². The Morgan fingerprint density at radius 1 is 1.39 bits per heavy atom. The molecular formula is C12H15Br2NO3. The summed E-state index contributed by atoms with van der Waals surface area (Å²) in [7, 11) is 1.65. The summed E-state index contributed by atoms with van der Waals surface area (Å²) >= 11 is 6.97. The Bertz CT molecular complexity index is 409. The molecule has 4 nitrogen and oxygen atoms in total. The molecule has 0 bridgehead atoms. The fourth-order valence-electron chi connectivity index (χ4n) is 1.71. The lowest BCUT2D eigenvalue weighted by atomic mass is 10.2. The van der Waals surface area contributed by atoms with Gasteiger partial charge in [-0.2, -0.15) is 0 Å². The molecule has 1 unspecified atom stereocenters. The molecule has 0 spiro atoms. The molecule has 6 heteroatoms. The van der Waals surface area contributed by atoms with E-state index < -0.39 is 0 Å². The lowest BCUT2D eigenvalue weighted by molar-refractivity contribution is -0.133. The highest BCUT2D eigenvalue weighted by Gasteiger charge is 2.15. The molecule has 18 heavy (non-hydrogen) atoms. The average Bonchev–Trinajstić information content (AvgIpc) is 2.39. The number of halogens is 2. The van der Waals surface area contributed by atoms with E-state index in [-0.39, 0.29) is 6.10 Å². The number of ether oxygens (including phenoxy) is 3. The highest BCUT2D eigenvalue weighted by Crippen LogP contribution is 2.34. The van der Waals surface area contributed by atoms with E-state index in [1.54, 1.807) is 7.11 Å². The molecule has 1 saturated heterocycles. The van der Waals surface area contributed by atoms with E-state index in [1.165, 1.54) is 0 Å². The van der Waals surface area contributed by atoms with E-state index in [9.17, 15) is 0 Å². The van der Waals surface area contributed by atoms with Gasteiger partial charge in [-0.25, -0.2) is 0 Å². The van der Waals surface area contributed by atoms with Crippen LogP contribution in [0.1, 0.15) is 6.42 Å². The Balaban J connectivity index is 1.99. The van der Waals surface area contributed by atoms with Gasteiger partial charge < -0.3 is 19.5 Å². The summed E-state index contributed by atoms with van der Waals surface area (Å²) in [4.78, 5) is 0. The van der Waals surface area contributed by atoms with Gasteiger partial charge in [0.2, 0.25) is 0 Å². The first kappa shape index (κ1) is 14.1.